The molecule has 2 amide bonds. The van der Waals surface area contributed by atoms with Gasteiger partial charge in [0.1, 0.15) is 6.04 Å². The molecule has 0 spiro atoms. The highest BCUT2D eigenvalue weighted by molar-refractivity contribution is 5.80. The van der Waals surface area contributed by atoms with Crippen LogP contribution in [-0.4, -0.2) is 45.7 Å². The zero-order valence-electron chi connectivity index (χ0n) is 12.3. The number of carboxylic acids is 2. The molecule has 4 atom stereocenters. The van der Waals surface area contributed by atoms with Crippen LogP contribution in [0.3, 0.4) is 0 Å². The Balaban J connectivity index is 2.08. The normalized spacial score (nSPS) is 23.8. The van der Waals surface area contributed by atoms with Crippen LogP contribution in [0.2, 0.25) is 0 Å². The lowest BCUT2D eigenvalue weighted by atomic mass is 10.1. The molecule has 8 heteroatoms. The van der Waals surface area contributed by atoms with Crippen molar-refractivity contribution >= 4 is 18.0 Å². The number of carboxylic acid groups (broad SMARTS) is 2. The van der Waals surface area contributed by atoms with Crippen LogP contribution in [0.5, 0.6) is 0 Å². The summed E-state index contributed by atoms with van der Waals surface area (Å²) in [7, 11) is 0. The molecule has 1 fully saturated rings. The molecule has 8 nitrogen and oxygen atoms in total. The Morgan fingerprint density at radius 3 is 2.26 bits per heavy atom. The van der Waals surface area contributed by atoms with Gasteiger partial charge in [0.25, 0.3) is 0 Å². The van der Waals surface area contributed by atoms with E-state index in [1.54, 1.807) is 0 Å². The standard InChI is InChI=1S/C15H19N3O5/c16-12(14(21)22)10-9(11(10)13(19)20)7-18(15(17)23)6-8-4-2-1-3-5-8/h1-5,9-12H,6-7,16H2,(H2,17,23)(H,19,20)(H,21,22)/t9?,10?,11?,12-/m0/s1. The number of benzene rings is 1. The van der Waals surface area contributed by atoms with Crippen molar-refractivity contribution in [3.8, 4) is 0 Å². The number of amides is 2. The van der Waals surface area contributed by atoms with E-state index in [1.807, 2.05) is 30.3 Å². The number of rotatable bonds is 7. The highest BCUT2D eigenvalue weighted by Crippen LogP contribution is 2.48. The number of aliphatic carboxylic acids is 2. The molecule has 0 radical (unpaired) electrons. The molecule has 1 aromatic rings. The maximum absolute atomic E-state index is 11.6. The Labute approximate surface area is 132 Å². The number of carbonyl (C=O) groups excluding carboxylic acids is 1. The fourth-order valence-electron chi connectivity index (χ4n) is 2.93. The summed E-state index contributed by atoms with van der Waals surface area (Å²) in [6.45, 7) is 0.293. The number of urea groups is 1. The third-order valence-electron chi connectivity index (χ3n) is 4.17. The summed E-state index contributed by atoms with van der Waals surface area (Å²) >= 11 is 0. The van der Waals surface area contributed by atoms with Crippen molar-refractivity contribution in [2.75, 3.05) is 6.54 Å². The minimum Gasteiger partial charge on any atom is -0.481 e. The van der Waals surface area contributed by atoms with Gasteiger partial charge in [-0.05, 0) is 11.5 Å². The fourth-order valence-corrected chi connectivity index (χ4v) is 2.93. The molecule has 1 aromatic carbocycles. The quantitative estimate of drug-likeness (QED) is 0.552. The number of carbonyl (C=O) groups is 3. The fraction of sp³-hybridized carbons (Fsp3) is 0.400. The van der Waals surface area contributed by atoms with Gasteiger partial charge in [-0.25, -0.2) is 4.79 Å². The van der Waals surface area contributed by atoms with Crippen LogP contribution in [0.4, 0.5) is 4.79 Å². The second-order valence-corrected chi connectivity index (χ2v) is 5.67. The van der Waals surface area contributed by atoms with Crippen LogP contribution < -0.4 is 11.5 Å². The van der Waals surface area contributed by atoms with Crippen molar-refractivity contribution in [2.45, 2.75) is 12.6 Å². The number of hydrogen-bond donors (Lipinski definition) is 4. The average molecular weight is 321 g/mol. The topological polar surface area (TPSA) is 147 Å². The SMILES string of the molecule is NC(=O)N(Cc1ccccc1)CC1C(C(=O)O)C1[C@H](N)C(=O)O. The van der Waals surface area contributed by atoms with Crippen molar-refractivity contribution in [1.29, 1.82) is 0 Å². The van der Waals surface area contributed by atoms with Gasteiger partial charge in [0.15, 0.2) is 0 Å². The Kier molecular flexibility index (Phi) is 4.85. The lowest BCUT2D eigenvalue weighted by Gasteiger charge is -2.21. The Morgan fingerprint density at radius 1 is 1.17 bits per heavy atom. The van der Waals surface area contributed by atoms with E-state index in [1.165, 1.54) is 4.90 Å². The van der Waals surface area contributed by atoms with Crippen LogP contribution in [-0.2, 0) is 16.1 Å². The predicted octanol–water partition coefficient (Wildman–Crippen LogP) is -0.0740. The maximum atomic E-state index is 11.6. The van der Waals surface area contributed by atoms with Gasteiger partial charge >= 0.3 is 18.0 Å². The molecular weight excluding hydrogens is 302 g/mol. The van der Waals surface area contributed by atoms with Crippen molar-refractivity contribution < 1.29 is 24.6 Å². The van der Waals surface area contributed by atoms with E-state index in [-0.39, 0.29) is 13.1 Å². The lowest BCUT2D eigenvalue weighted by molar-refractivity contribution is -0.140. The van der Waals surface area contributed by atoms with Crippen LogP contribution in [0, 0.1) is 17.8 Å². The van der Waals surface area contributed by atoms with Gasteiger partial charge in [-0.15, -0.1) is 0 Å². The Bertz CT molecular complexity index is 606. The zero-order chi connectivity index (χ0) is 17.1. The second-order valence-electron chi connectivity index (χ2n) is 5.67. The zero-order valence-corrected chi connectivity index (χ0v) is 12.3. The van der Waals surface area contributed by atoms with Crippen molar-refractivity contribution in [3.63, 3.8) is 0 Å². The molecule has 1 aliphatic carbocycles. The summed E-state index contributed by atoms with van der Waals surface area (Å²) in [5.74, 6) is -4.46. The largest absolute Gasteiger partial charge is 0.481 e. The van der Waals surface area contributed by atoms with Gasteiger partial charge in [-0.3, -0.25) is 9.59 Å². The smallest absolute Gasteiger partial charge is 0.320 e. The van der Waals surface area contributed by atoms with E-state index in [9.17, 15) is 19.5 Å². The van der Waals surface area contributed by atoms with E-state index in [4.69, 9.17) is 16.6 Å². The van der Waals surface area contributed by atoms with Crippen LogP contribution in [0.1, 0.15) is 5.56 Å². The summed E-state index contributed by atoms with van der Waals surface area (Å²) < 4.78 is 0. The van der Waals surface area contributed by atoms with Gasteiger partial charge in [-0.2, -0.15) is 0 Å². The molecule has 23 heavy (non-hydrogen) atoms. The molecular formula is C15H19N3O5. The van der Waals surface area contributed by atoms with Gasteiger partial charge in [0.05, 0.1) is 5.92 Å². The summed E-state index contributed by atoms with van der Waals surface area (Å²) in [5, 5.41) is 18.1. The van der Waals surface area contributed by atoms with Crippen molar-refractivity contribution in [3.05, 3.63) is 35.9 Å². The molecule has 3 unspecified atom stereocenters. The van der Waals surface area contributed by atoms with Crippen LogP contribution in [0.15, 0.2) is 30.3 Å². The summed E-state index contributed by atoms with van der Waals surface area (Å²) in [6.07, 6.45) is 0. The van der Waals surface area contributed by atoms with E-state index >= 15 is 0 Å². The predicted molar refractivity (Wildman–Crippen MR) is 80.2 cm³/mol. The first-order valence-corrected chi connectivity index (χ1v) is 7.12. The summed E-state index contributed by atoms with van der Waals surface area (Å²) in [6, 6.07) is 7.14. The minimum atomic E-state index is -1.27. The van der Waals surface area contributed by atoms with Crippen LogP contribution >= 0.6 is 0 Å². The van der Waals surface area contributed by atoms with Crippen molar-refractivity contribution in [2.24, 2.45) is 29.2 Å². The third kappa shape index (κ3) is 3.78. The van der Waals surface area contributed by atoms with Gasteiger partial charge in [0.2, 0.25) is 0 Å². The first kappa shape index (κ1) is 16.8. The minimum absolute atomic E-state index is 0.0623. The maximum Gasteiger partial charge on any atom is 0.320 e. The molecule has 6 N–H and O–H groups in total. The Hall–Kier alpha value is -2.61. The highest BCUT2D eigenvalue weighted by Gasteiger charge is 2.59. The molecule has 0 bridgehead atoms. The average Bonchev–Trinajstić information content (AvgIpc) is 3.20. The monoisotopic (exact) mass is 321 g/mol. The van der Waals surface area contributed by atoms with Crippen molar-refractivity contribution in [1.82, 2.24) is 4.90 Å². The number of hydrogen-bond acceptors (Lipinski definition) is 4. The summed E-state index contributed by atoms with van der Waals surface area (Å²) in [4.78, 5) is 35.1. The first-order chi connectivity index (χ1) is 10.8. The number of nitrogens with zero attached hydrogens (tertiary/aromatic N) is 1. The second kappa shape index (κ2) is 6.66. The highest BCUT2D eigenvalue weighted by atomic mass is 16.4. The van der Waals surface area contributed by atoms with Gasteiger partial charge in [0, 0.05) is 19.0 Å². The van der Waals surface area contributed by atoms with E-state index in [2.05, 4.69) is 0 Å². The number of primary amides is 1. The molecule has 124 valence electrons. The molecule has 1 aliphatic rings. The molecule has 0 saturated heterocycles. The third-order valence-corrected chi connectivity index (χ3v) is 4.17. The van der Waals surface area contributed by atoms with E-state index < -0.39 is 41.8 Å². The molecule has 0 aliphatic heterocycles. The van der Waals surface area contributed by atoms with Gasteiger partial charge < -0.3 is 26.6 Å². The Morgan fingerprint density at radius 2 is 1.78 bits per heavy atom. The lowest BCUT2D eigenvalue weighted by Crippen LogP contribution is -2.38. The molecule has 0 heterocycles. The number of nitrogens with two attached hydrogens (primary N) is 2. The first-order valence-electron chi connectivity index (χ1n) is 7.12. The summed E-state index contributed by atoms with van der Waals surface area (Å²) in [5.41, 5.74) is 11.7. The van der Waals surface area contributed by atoms with E-state index in [0.29, 0.717) is 0 Å². The van der Waals surface area contributed by atoms with Crippen LogP contribution in [0.25, 0.3) is 0 Å². The van der Waals surface area contributed by atoms with E-state index in [0.717, 1.165) is 5.56 Å². The molecule has 0 aromatic heterocycles. The molecule has 1 saturated carbocycles. The molecule has 2 rings (SSSR count). The van der Waals surface area contributed by atoms with Gasteiger partial charge in [-0.1, -0.05) is 30.3 Å².